The van der Waals surface area contributed by atoms with E-state index in [0.29, 0.717) is 18.7 Å². The van der Waals surface area contributed by atoms with E-state index in [1.807, 2.05) is 12.1 Å². The van der Waals surface area contributed by atoms with Gasteiger partial charge >= 0.3 is 0 Å². The molecule has 1 saturated carbocycles. The lowest BCUT2D eigenvalue weighted by Gasteiger charge is -2.29. The zero-order chi connectivity index (χ0) is 12.3. The van der Waals surface area contributed by atoms with E-state index in [0.717, 1.165) is 31.2 Å². The Morgan fingerprint density at radius 1 is 1.35 bits per heavy atom. The smallest absolute Gasteiger partial charge is 0.132 e. The molecule has 0 atom stereocenters. The standard InChI is InChI=1S/C14H20FNO/c1-17-9-11-5-4-6-12(13(11)15)14(10-16)7-2-3-8-14/h4-6H,2-3,7-10,16H2,1H3. The van der Waals surface area contributed by atoms with Crippen molar-refractivity contribution in [2.75, 3.05) is 13.7 Å². The summed E-state index contributed by atoms with van der Waals surface area (Å²) in [7, 11) is 1.58. The SMILES string of the molecule is COCc1cccc(C2(CN)CCCC2)c1F. The van der Waals surface area contributed by atoms with Crippen LogP contribution in [0, 0.1) is 5.82 Å². The van der Waals surface area contributed by atoms with E-state index in [1.54, 1.807) is 13.2 Å². The molecule has 2 rings (SSSR count). The van der Waals surface area contributed by atoms with Crippen LogP contribution >= 0.6 is 0 Å². The molecule has 1 aliphatic carbocycles. The number of hydrogen-bond acceptors (Lipinski definition) is 2. The average Bonchev–Trinajstić information content (AvgIpc) is 2.82. The summed E-state index contributed by atoms with van der Waals surface area (Å²) in [6.07, 6.45) is 4.28. The highest BCUT2D eigenvalue weighted by molar-refractivity contribution is 5.33. The molecule has 3 heteroatoms. The van der Waals surface area contributed by atoms with E-state index < -0.39 is 0 Å². The Balaban J connectivity index is 2.40. The Hall–Kier alpha value is -0.930. The Labute approximate surface area is 102 Å². The molecule has 2 nitrogen and oxygen atoms in total. The predicted molar refractivity (Wildman–Crippen MR) is 66.3 cm³/mol. The van der Waals surface area contributed by atoms with Crippen LogP contribution in [0.25, 0.3) is 0 Å². The van der Waals surface area contributed by atoms with E-state index in [4.69, 9.17) is 10.5 Å². The van der Waals surface area contributed by atoms with Crippen molar-refractivity contribution in [1.82, 2.24) is 0 Å². The molecule has 1 aromatic carbocycles. The zero-order valence-corrected chi connectivity index (χ0v) is 10.3. The molecule has 0 aromatic heterocycles. The fraction of sp³-hybridized carbons (Fsp3) is 0.571. The van der Waals surface area contributed by atoms with Gasteiger partial charge < -0.3 is 10.5 Å². The lowest BCUT2D eigenvalue weighted by Crippen LogP contribution is -2.33. The van der Waals surface area contributed by atoms with Gasteiger partial charge in [0.05, 0.1) is 6.61 Å². The Morgan fingerprint density at radius 3 is 2.65 bits per heavy atom. The van der Waals surface area contributed by atoms with Gasteiger partial charge in [-0.1, -0.05) is 31.0 Å². The third kappa shape index (κ3) is 2.22. The van der Waals surface area contributed by atoms with Crippen LogP contribution in [0.3, 0.4) is 0 Å². The van der Waals surface area contributed by atoms with E-state index in [2.05, 4.69) is 0 Å². The molecule has 17 heavy (non-hydrogen) atoms. The van der Waals surface area contributed by atoms with Crippen molar-refractivity contribution >= 4 is 0 Å². The molecule has 0 unspecified atom stereocenters. The first-order valence-electron chi connectivity index (χ1n) is 6.20. The van der Waals surface area contributed by atoms with Crippen LogP contribution in [0.1, 0.15) is 36.8 Å². The van der Waals surface area contributed by atoms with Crippen LogP contribution in [0.5, 0.6) is 0 Å². The minimum Gasteiger partial charge on any atom is -0.380 e. The van der Waals surface area contributed by atoms with Crippen LogP contribution in [0.4, 0.5) is 4.39 Å². The van der Waals surface area contributed by atoms with Crippen LogP contribution in [-0.4, -0.2) is 13.7 Å². The molecule has 0 aliphatic heterocycles. The number of halogens is 1. The summed E-state index contributed by atoms with van der Waals surface area (Å²) in [4.78, 5) is 0. The second kappa shape index (κ2) is 5.15. The third-order valence-electron chi connectivity index (χ3n) is 3.90. The van der Waals surface area contributed by atoms with Gasteiger partial charge in [0.25, 0.3) is 0 Å². The van der Waals surface area contributed by atoms with Gasteiger partial charge in [-0.25, -0.2) is 4.39 Å². The van der Waals surface area contributed by atoms with Crippen LogP contribution < -0.4 is 5.73 Å². The van der Waals surface area contributed by atoms with E-state index >= 15 is 0 Å². The van der Waals surface area contributed by atoms with Crippen molar-refractivity contribution in [1.29, 1.82) is 0 Å². The van der Waals surface area contributed by atoms with Gasteiger partial charge in [-0.3, -0.25) is 0 Å². The molecule has 0 saturated heterocycles. The Kier molecular flexibility index (Phi) is 3.79. The molecule has 2 N–H and O–H groups in total. The van der Waals surface area contributed by atoms with Gasteiger partial charge in [-0.2, -0.15) is 0 Å². The molecule has 0 amide bonds. The van der Waals surface area contributed by atoms with Crippen molar-refractivity contribution in [2.45, 2.75) is 37.7 Å². The summed E-state index contributed by atoms with van der Waals surface area (Å²) < 4.78 is 19.4. The molecule has 94 valence electrons. The minimum atomic E-state index is -0.145. The Bertz CT molecular complexity index is 386. The van der Waals surface area contributed by atoms with Gasteiger partial charge in [0.15, 0.2) is 0 Å². The second-order valence-electron chi connectivity index (χ2n) is 4.90. The first-order valence-corrected chi connectivity index (χ1v) is 6.20. The van der Waals surface area contributed by atoms with E-state index in [1.165, 1.54) is 0 Å². The zero-order valence-electron chi connectivity index (χ0n) is 10.3. The lowest BCUT2D eigenvalue weighted by atomic mass is 9.78. The first-order chi connectivity index (χ1) is 8.23. The summed E-state index contributed by atoms with van der Waals surface area (Å²) >= 11 is 0. The summed E-state index contributed by atoms with van der Waals surface area (Å²) in [6, 6.07) is 5.57. The largest absolute Gasteiger partial charge is 0.380 e. The normalized spacial score (nSPS) is 18.5. The van der Waals surface area contributed by atoms with Crippen LogP contribution in [-0.2, 0) is 16.8 Å². The maximum Gasteiger partial charge on any atom is 0.132 e. The quantitative estimate of drug-likeness (QED) is 0.874. The highest BCUT2D eigenvalue weighted by Crippen LogP contribution is 2.41. The van der Waals surface area contributed by atoms with Crippen molar-refractivity contribution in [3.8, 4) is 0 Å². The molecule has 0 heterocycles. The van der Waals surface area contributed by atoms with E-state index in [-0.39, 0.29) is 11.2 Å². The topological polar surface area (TPSA) is 35.2 Å². The monoisotopic (exact) mass is 237 g/mol. The molecule has 0 spiro atoms. The van der Waals surface area contributed by atoms with Crippen LogP contribution in [0.2, 0.25) is 0 Å². The number of ether oxygens (including phenoxy) is 1. The Morgan fingerprint density at radius 2 is 2.06 bits per heavy atom. The van der Waals surface area contributed by atoms with Gasteiger partial charge in [0.1, 0.15) is 5.82 Å². The molecular formula is C14H20FNO. The molecule has 1 fully saturated rings. The molecule has 0 radical (unpaired) electrons. The predicted octanol–water partition coefficient (Wildman–Crippen LogP) is 2.74. The molecule has 1 aliphatic rings. The fourth-order valence-electron chi connectivity index (χ4n) is 2.89. The van der Waals surface area contributed by atoms with E-state index in [9.17, 15) is 4.39 Å². The minimum absolute atomic E-state index is 0.123. The van der Waals surface area contributed by atoms with Gasteiger partial charge in [0, 0.05) is 24.6 Å². The van der Waals surface area contributed by atoms with Crippen molar-refractivity contribution in [3.05, 3.63) is 35.1 Å². The maximum atomic E-state index is 14.4. The van der Waals surface area contributed by atoms with Crippen molar-refractivity contribution in [2.24, 2.45) is 5.73 Å². The number of nitrogens with two attached hydrogens (primary N) is 1. The number of rotatable bonds is 4. The highest BCUT2D eigenvalue weighted by Gasteiger charge is 2.36. The van der Waals surface area contributed by atoms with Gasteiger partial charge in [-0.05, 0) is 18.4 Å². The van der Waals surface area contributed by atoms with Gasteiger partial charge in [0.2, 0.25) is 0 Å². The molecular weight excluding hydrogens is 217 g/mol. The average molecular weight is 237 g/mol. The third-order valence-corrected chi connectivity index (χ3v) is 3.90. The number of benzene rings is 1. The van der Waals surface area contributed by atoms with Crippen molar-refractivity contribution in [3.63, 3.8) is 0 Å². The van der Waals surface area contributed by atoms with Crippen LogP contribution in [0.15, 0.2) is 18.2 Å². The molecule has 1 aromatic rings. The summed E-state index contributed by atoms with van der Waals surface area (Å²) in [5.41, 5.74) is 7.16. The highest BCUT2D eigenvalue weighted by atomic mass is 19.1. The fourth-order valence-corrected chi connectivity index (χ4v) is 2.89. The summed E-state index contributed by atoms with van der Waals surface area (Å²) in [6.45, 7) is 0.848. The maximum absolute atomic E-state index is 14.4. The molecule has 0 bridgehead atoms. The first kappa shape index (κ1) is 12.5. The van der Waals surface area contributed by atoms with Crippen molar-refractivity contribution < 1.29 is 9.13 Å². The van der Waals surface area contributed by atoms with Gasteiger partial charge in [-0.15, -0.1) is 0 Å². The number of methoxy groups -OCH3 is 1. The lowest BCUT2D eigenvalue weighted by molar-refractivity contribution is 0.181. The number of hydrogen-bond donors (Lipinski definition) is 1. The summed E-state index contributed by atoms with van der Waals surface area (Å²) in [5, 5.41) is 0. The second-order valence-corrected chi connectivity index (χ2v) is 4.90. The summed E-state index contributed by atoms with van der Waals surface area (Å²) in [5.74, 6) is -0.123.